The minimum absolute atomic E-state index is 0.123. The monoisotopic (exact) mass is 310 g/mol. The topological polar surface area (TPSA) is 60.4 Å². The zero-order valence-electron chi connectivity index (χ0n) is 11.7. The number of carbonyl (C=O) groups excluding carboxylic acids is 3. The van der Waals surface area contributed by atoms with Gasteiger partial charge in [-0.1, -0.05) is 6.08 Å². The van der Waals surface area contributed by atoms with Crippen molar-refractivity contribution in [1.29, 1.82) is 0 Å². The molecule has 112 valence electrons. The Morgan fingerprint density at radius 3 is 2.38 bits per heavy atom. The van der Waals surface area contributed by atoms with E-state index in [1.807, 2.05) is 0 Å². The third-order valence-electron chi connectivity index (χ3n) is 2.53. The van der Waals surface area contributed by atoms with Gasteiger partial charge in [0.15, 0.2) is 5.78 Å². The van der Waals surface area contributed by atoms with Gasteiger partial charge in [-0.15, -0.1) is 11.8 Å². The van der Waals surface area contributed by atoms with E-state index in [9.17, 15) is 18.8 Å². The Kier molecular flexibility index (Phi) is 6.81. The molecule has 21 heavy (non-hydrogen) atoms. The van der Waals surface area contributed by atoms with Crippen LogP contribution in [0.1, 0.15) is 23.7 Å². The van der Waals surface area contributed by atoms with E-state index in [0.717, 1.165) is 11.8 Å². The molecule has 0 aliphatic carbocycles. The Morgan fingerprint density at radius 2 is 1.86 bits per heavy atom. The van der Waals surface area contributed by atoms with Crippen LogP contribution >= 0.6 is 11.8 Å². The molecule has 0 bridgehead atoms. The number of benzene rings is 1. The molecule has 0 heterocycles. The van der Waals surface area contributed by atoms with Crippen LogP contribution in [-0.4, -0.2) is 30.4 Å². The normalized spacial score (nSPS) is 11.1. The van der Waals surface area contributed by atoms with Crippen LogP contribution < -0.4 is 0 Å². The minimum Gasteiger partial charge on any atom is -0.460 e. The molecule has 0 saturated carbocycles. The van der Waals surface area contributed by atoms with Gasteiger partial charge in [-0.25, -0.2) is 9.18 Å². The Labute approximate surface area is 126 Å². The van der Waals surface area contributed by atoms with Gasteiger partial charge in [0.25, 0.3) is 0 Å². The summed E-state index contributed by atoms with van der Waals surface area (Å²) >= 11 is 1.16. The summed E-state index contributed by atoms with van der Waals surface area (Å²) in [6, 6.07) is 5.12. The average Bonchev–Trinajstić information content (AvgIpc) is 2.48. The first-order valence-corrected chi connectivity index (χ1v) is 7.46. The van der Waals surface area contributed by atoms with Crippen molar-refractivity contribution in [2.24, 2.45) is 0 Å². The number of thioether (sulfide) groups is 1. The maximum absolute atomic E-state index is 12.8. The molecule has 0 saturated heterocycles. The highest BCUT2D eigenvalue weighted by molar-refractivity contribution is 8.03. The first kappa shape index (κ1) is 17.1. The number of carbonyl (C=O) groups is 3. The van der Waals surface area contributed by atoms with Crippen LogP contribution in [0.4, 0.5) is 4.39 Å². The highest BCUT2D eigenvalue weighted by Crippen LogP contribution is 2.19. The van der Waals surface area contributed by atoms with Gasteiger partial charge in [0, 0.05) is 12.0 Å². The van der Waals surface area contributed by atoms with E-state index in [2.05, 4.69) is 4.74 Å². The SMILES string of the molecule is CCOC(=O)C(=O)CC=C(SC)C(=O)c1ccc(F)cc1. The number of ether oxygens (including phenoxy) is 1. The number of hydrogen-bond acceptors (Lipinski definition) is 5. The van der Waals surface area contributed by atoms with Gasteiger partial charge in [-0.2, -0.15) is 0 Å². The van der Waals surface area contributed by atoms with Crippen LogP contribution in [0.25, 0.3) is 0 Å². The molecule has 0 aliphatic rings. The number of esters is 1. The second-order valence-electron chi connectivity index (χ2n) is 3.96. The molecule has 0 N–H and O–H groups in total. The number of Topliss-reactive ketones (excluding diaryl/α,β-unsaturated/α-hetero) is 2. The number of hydrogen-bond donors (Lipinski definition) is 0. The molecule has 4 nitrogen and oxygen atoms in total. The number of ketones is 2. The van der Waals surface area contributed by atoms with E-state index in [1.54, 1.807) is 13.2 Å². The standard InChI is InChI=1S/C15H15FO4S/c1-3-20-15(19)12(17)8-9-13(21-2)14(18)10-4-6-11(16)7-5-10/h4-7,9H,3,8H2,1-2H3. The zero-order chi connectivity index (χ0) is 15.8. The number of rotatable bonds is 7. The van der Waals surface area contributed by atoms with Crippen molar-refractivity contribution in [2.75, 3.05) is 12.9 Å². The zero-order valence-corrected chi connectivity index (χ0v) is 12.5. The van der Waals surface area contributed by atoms with E-state index in [1.165, 1.54) is 30.3 Å². The van der Waals surface area contributed by atoms with Gasteiger partial charge in [0.1, 0.15) is 5.82 Å². The lowest BCUT2D eigenvalue weighted by atomic mass is 10.1. The summed E-state index contributed by atoms with van der Waals surface area (Å²) in [6.45, 7) is 1.73. The Bertz CT molecular complexity index is 564. The third kappa shape index (κ3) is 5.15. The molecule has 1 aromatic rings. The number of allylic oxidation sites excluding steroid dienone is 2. The molecule has 6 heteroatoms. The van der Waals surface area contributed by atoms with Gasteiger partial charge in [0.05, 0.1) is 11.5 Å². The van der Waals surface area contributed by atoms with Crippen LogP contribution in [0.3, 0.4) is 0 Å². The Balaban J connectivity index is 2.79. The van der Waals surface area contributed by atoms with Crippen molar-refractivity contribution in [3.8, 4) is 0 Å². The molecule has 0 radical (unpaired) electrons. The second-order valence-corrected chi connectivity index (χ2v) is 4.80. The molecule has 1 aromatic carbocycles. The molecule has 0 spiro atoms. The predicted molar refractivity (Wildman–Crippen MR) is 78.6 cm³/mol. The van der Waals surface area contributed by atoms with E-state index < -0.39 is 17.6 Å². The van der Waals surface area contributed by atoms with E-state index >= 15 is 0 Å². The summed E-state index contributed by atoms with van der Waals surface area (Å²) in [5.74, 6) is -2.38. The van der Waals surface area contributed by atoms with Gasteiger partial charge >= 0.3 is 5.97 Å². The van der Waals surface area contributed by atoms with Gasteiger partial charge in [-0.05, 0) is 37.4 Å². The largest absolute Gasteiger partial charge is 0.460 e. The lowest BCUT2D eigenvalue weighted by Gasteiger charge is -2.04. The van der Waals surface area contributed by atoms with Gasteiger partial charge < -0.3 is 4.74 Å². The lowest BCUT2D eigenvalue weighted by Crippen LogP contribution is -2.16. The molecule has 0 aromatic heterocycles. The summed E-state index contributed by atoms with van der Waals surface area (Å²) in [5.41, 5.74) is 0.320. The molecule has 0 fully saturated rings. The van der Waals surface area contributed by atoms with Gasteiger partial charge in [0.2, 0.25) is 5.78 Å². The fourth-order valence-electron chi connectivity index (χ4n) is 1.49. The summed E-state index contributed by atoms with van der Waals surface area (Å²) in [7, 11) is 0. The first-order valence-electron chi connectivity index (χ1n) is 6.24. The highest BCUT2D eigenvalue weighted by Gasteiger charge is 2.16. The molecule has 0 unspecified atom stereocenters. The van der Waals surface area contributed by atoms with Gasteiger partial charge in [-0.3, -0.25) is 9.59 Å². The Morgan fingerprint density at radius 1 is 1.24 bits per heavy atom. The molecule has 0 amide bonds. The molecular weight excluding hydrogens is 295 g/mol. The summed E-state index contributed by atoms with van der Waals surface area (Å²) < 4.78 is 17.4. The maximum atomic E-state index is 12.8. The first-order chi connectivity index (χ1) is 9.99. The summed E-state index contributed by atoms with van der Waals surface area (Å²) in [6.07, 6.45) is 2.86. The van der Waals surface area contributed by atoms with Crippen molar-refractivity contribution in [3.63, 3.8) is 0 Å². The average molecular weight is 310 g/mol. The molecule has 0 atom stereocenters. The highest BCUT2D eigenvalue weighted by atomic mass is 32.2. The van der Waals surface area contributed by atoms with E-state index in [0.29, 0.717) is 10.5 Å². The molecular formula is C15H15FO4S. The van der Waals surface area contributed by atoms with E-state index in [-0.39, 0.29) is 18.8 Å². The minimum atomic E-state index is -0.913. The van der Waals surface area contributed by atoms with Crippen molar-refractivity contribution in [2.45, 2.75) is 13.3 Å². The van der Waals surface area contributed by atoms with Crippen LogP contribution in [0.2, 0.25) is 0 Å². The van der Waals surface area contributed by atoms with Crippen molar-refractivity contribution >= 4 is 29.3 Å². The third-order valence-corrected chi connectivity index (χ3v) is 3.32. The van der Waals surface area contributed by atoms with Crippen molar-refractivity contribution < 1.29 is 23.5 Å². The second kappa shape index (κ2) is 8.36. The maximum Gasteiger partial charge on any atom is 0.374 e. The summed E-state index contributed by atoms with van der Waals surface area (Å²) in [4.78, 5) is 35.1. The van der Waals surface area contributed by atoms with Crippen molar-refractivity contribution in [1.82, 2.24) is 0 Å². The molecule has 1 rings (SSSR count). The Hall–Kier alpha value is -1.95. The molecule has 0 aliphatic heterocycles. The van der Waals surface area contributed by atoms with E-state index in [4.69, 9.17) is 0 Å². The van der Waals surface area contributed by atoms with Crippen molar-refractivity contribution in [3.05, 3.63) is 46.6 Å². The summed E-state index contributed by atoms with van der Waals surface area (Å²) in [5, 5.41) is 0. The lowest BCUT2D eigenvalue weighted by molar-refractivity contribution is -0.153. The quantitative estimate of drug-likeness (QED) is 0.335. The number of halogens is 1. The van der Waals surface area contributed by atoms with Crippen LogP contribution in [0, 0.1) is 5.82 Å². The van der Waals surface area contributed by atoms with Crippen LogP contribution in [0.15, 0.2) is 35.2 Å². The smallest absolute Gasteiger partial charge is 0.374 e. The van der Waals surface area contributed by atoms with Crippen LogP contribution in [-0.2, 0) is 14.3 Å². The predicted octanol–water partition coefficient (Wildman–Crippen LogP) is 2.78. The fourth-order valence-corrected chi connectivity index (χ4v) is 2.05. The van der Waals surface area contributed by atoms with Crippen LogP contribution in [0.5, 0.6) is 0 Å². The fraction of sp³-hybridized carbons (Fsp3) is 0.267.